The van der Waals surface area contributed by atoms with E-state index in [-0.39, 0.29) is 23.7 Å². The van der Waals surface area contributed by atoms with Gasteiger partial charge in [0.05, 0.1) is 18.2 Å². The molecular formula is C18H35ClN2O2. The third-order valence-electron chi connectivity index (χ3n) is 5.30. The maximum atomic E-state index is 12.4. The van der Waals surface area contributed by atoms with Gasteiger partial charge in [0.1, 0.15) is 0 Å². The van der Waals surface area contributed by atoms with Crippen LogP contribution >= 0.6 is 12.4 Å². The number of hydrogen-bond donors (Lipinski definition) is 1. The molecular weight excluding hydrogens is 312 g/mol. The molecule has 0 radical (unpaired) electrons. The number of halogens is 1. The van der Waals surface area contributed by atoms with Crippen LogP contribution in [-0.2, 0) is 9.53 Å². The van der Waals surface area contributed by atoms with Gasteiger partial charge in [-0.3, -0.25) is 4.79 Å². The van der Waals surface area contributed by atoms with Gasteiger partial charge in [-0.25, -0.2) is 0 Å². The smallest absolute Gasteiger partial charge is 0.240 e. The van der Waals surface area contributed by atoms with Crippen LogP contribution in [0.2, 0.25) is 0 Å². The molecule has 2 fully saturated rings. The van der Waals surface area contributed by atoms with E-state index in [4.69, 9.17) is 10.5 Å². The summed E-state index contributed by atoms with van der Waals surface area (Å²) in [5, 5.41) is 0. The van der Waals surface area contributed by atoms with Crippen molar-refractivity contribution < 1.29 is 9.53 Å². The molecule has 0 aromatic heterocycles. The topological polar surface area (TPSA) is 55.6 Å². The highest BCUT2D eigenvalue weighted by molar-refractivity contribution is 5.85. The van der Waals surface area contributed by atoms with Gasteiger partial charge in [0.15, 0.2) is 0 Å². The first-order valence-corrected chi connectivity index (χ1v) is 8.97. The zero-order valence-electron chi connectivity index (χ0n) is 15.2. The van der Waals surface area contributed by atoms with Crippen molar-refractivity contribution >= 4 is 18.3 Å². The largest absolute Gasteiger partial charge is 0.375 e. The molecule has 136 valence electrons. The normalized spacial score (nSPS) is 28.1. The van der Waals surface area contributed by atoms with Crippen LogP contribution in [-0.4, -0.2) is 42.1 Å². The monoisotopic (exact) mass is 346 g/mol. The SMILES string of the molecule is CC1CCC(OC2CCN(C(=O)[C@@H](N)C(C)(C)C)CC2)CC1.Cl. The molecule has 2 N–H and O–H groups in total. The van der Waals surface area contributed by atoms with Crippen LogP contribution in [0.4, 0.5) is 0 Å². The molecule has 0 aromatic rings. The summed E-state index contributed by atoms with van der Waals surface area (Å²) in [7, 11) is 0. The van der Waals surface area contributed by atoms with Gasteiger partial charge in [-0.2, -0.15) is 0 Å². The van der Waals surface area contributed by atoms with E-state index < -0.39 is 6.04 Å². The van der Waals surface area contributed by atoms with Gasteiger partial charge in [0, 0.05) is 13.1 Å². The number of piperidine rings is 1. The molecule has 2 rings (SSSR count). The van der Waals surface area contributed by atoms with Crippen LogP contribution in [0.25, 0.3) is 0 Å². The lowest BCUT2D eigenvalue weighted by molar-refractivity contribution is -0.138. The second-order valence-electron chi connectivity index (χ2n) is 8.39. The number of nitrogens with two attached hydrogens (primary N) is 1. The maximum absolute atomic E-state index is 12.4. The first-order valence-electron chi connectivity index (χ1n) is 8.97. The standard InChI is InChI=1S/C18H34N2O2.ClH/c1-13-5-7-14(8-6-13)22-15-9-11-20(12-10-15)17(21)16(19)18(2,3)4;/h13-16H,5-12,19H2,1-4H3;1H/t13?,14?,16-;/m1./s1. The van der Waals surface area contributed by atoms with Crippen molar-refractivity contribution in [3.8, 4) is 0 Å². The molecule has 1 heterocycles. The molecule has 2 aliphatic rings. The fourth-order valence-corrected chi connectivity index (χ4v) is 3.42. The minimum Gasteiger partial charge on any atom is -0.375 e. The van der Waals surface area contributed by atoms with Gasteiger partial charge in [-0.1, -0.05) is 27.7 Å². The van der Waals surface area contributed by atoms with Crippen molar-refractivity contribution in [2.24, 2.45) is 17.1 Å². The van der Waals surface area contributed by atoms with E-state index in [2.05, 4.69) is 6.92 Å². The number of amides is 1. The van der Waals surface area contributed by atoms with Crippen molar-refractivity contribution in [1.82, 2.24) is 4.90 Å². The van der Waals surface area contributed by atoms with Crippen LogP contribution in [0.1, 0.15) is 66.2 Å². The Morgan fingerprint density at radius 2 is 1.52 bits per heavy atom. The Labute approximate surface area is 147 Å². The van der Waals surface area contributed by atoms with Crippen LogP contribution in [0.5, 0.6) is 0 Å². The molecule has 5 heteroatoms. The molecule has 0 unspecified atom stereocenters. The summed E-state index contributed by atoms with van der Waals surface area (Å²) in [4.78, 5) is 14.4. The lowest BCUT2D eigenvalue weighted by Crippen LogP contribution is -2.53. The average Bonchev–Trinajstić information content (AvgIpc) is 2.48. The Balaban J connectivity index is 0.00000264. The summed E-state index contributed by atoms with van der Waals surface area (Å²) >= 11 is 0. The molecule has 1 amide bonds. The second-order valence-corrected chi connectivity index (χ2v) is 8.39. The molecule has 0 spiro atoms. The molecule has 0 bridgehead atoms. The summed E-state index contributed by atoms with van der Waals surface area (Å²) in [6, 6.07) is -0.412. The zero-order valence-corrected chi connectivity index (χ0v) is 16.0. The Kier molecular flexibility index (Phi) is 7.82. The van der Waals surface area contributed by atoms with Crippen molar-refractivity contribution in [1.29, 1.82) is 0 Å². The quantitative estimate of drug-likeness (QED) is 0.852. The number of nitrogens with zero attached hydrogens (tertiary/aromatic N) is 1. The van der Waals surface area contributed by atoms with E-state index in [1.165, 1.54) is 25.7 Å². The average molecular weight is 347 g/mol. The third-order valence-corrected chi connectivity index (χ3v) is 5.30. The third kappa shape index (κ3) is 5.91. The first-order chi connectivity index (χ1) is 10.3. The van der Waals surface area contributed by atoms with Gasteiger partial charge in [0.25, 0.3) is 0 Å². The molecule has 23 heavy (non-hydrogen) atoms. The highest BCUT2D eigenvalue weighted by Gasteiger charge is 2.33. The predicted octanol–water partition coefficient (Wildman–Crippen LogP) is 3.37. The van der Waals surface area contributed by atoms with Crippen LogP contribution < -0.4 is 5.73 Å². The van der Waals surface area contributed by atoms with Crippen LogP contribution in [0.3, 0.4) is 0 Å². The van der Waals surface area contributed by atoms with E-state index in [0.29, 0.717) is 12.2 Å². The van der Waals surface area contributed by atoms with Crippen LogP contribution in [0, 0.1) is 11.3 Å². The van der Waals surface area contributed by atoms with Crippen molar-refractivity contribution in [3.05, 3.63) is 0 Å². The Morgan fingerprint density at radius 3 is 2.00 bits per heavy atom. The van der Waals surface area contributed by atoms with Gasteiger partial charge >= 0.3 is 0 Å². The number of carbonyl (C=O) groups is 1. The van der Waals surface area contributed by atoms with Crippen molar-refractivity contribution in [3.63, 3.8) is 0 Å². The highest BCUT2D eigenvalue weighted by atomic mass is 35.5. The first kappa shape index (κ1) is 20.7. The molecule has 1 aliphatic carbocycles. The summed E-state index contributed by atoms with van der Waals surface area (Å²) in [6.45, 7) is 9.98. The van der Waals surface area contributed by atoms with Crippen LogP contribution in [0.15, 0.2) is 0 Å². The summed E-state index contributed by atoms with van der Waals surface area (Å²) < 4.78 is 6.27. The van der Waals surface area contributed by atoms with E-state index in [9.17, 15) is 4.79 Å². The molecule has 1 saturated heterocycles. The molecule has 0 aromatic carbocycles. The maximum Gasteiger partial charge on any atom is 0.240 e. The Hall–Kier alpha value is -0.320. The lowest BCUT2D eigenvalue weighted by Gasteiger charge is -2.38. The van der Waals surface area contributed by atoms with E-state index in [1.807, 2.05) is 25.7 Å². The van der Waals surface area contributed by atoms with E-state index in [0.717, 1.165) is 31.8 Å². The van der Waals surface area contributed by atoms with Gasteiger partial charge < -0.3 is 15.4 Å². The number of ether oxygens (including phenoxy) is 1. The minimum absolute atomic E-state index is 0. The number of hydrogen-bond acceptors (Lipinski definition) is 3. The van der Waals surface area contributed by atoms with Crippen molar-refractivity contribution in [2.45, 2.75) is 84.5 Å². The summed E-state index contributed by atoms with van der Waals surface area (Å²) in [5.74, 6) is 0.954. The Bertz CT molecular complexity index is 368. The highest BCUT2D eigenvalue weighted by Crippen LogP contribution is 2.28. The summed E-state index contributed by atoms with van der Waals surface area (Å²) in [5.41, 5.74) is 5.92. The molecule has 4 nitrogen and oxygen atoms in total. The van der Waals surface area contributed by atoms with Gasteiger partial charge in [0.2, 0.25) is 5.91 Å². The van der Waals surface area contributed by atoms with Gasteiger partial charge in [-0.05, 0) is 49.9 Å². The predicted molar refractivity (Wildman–Crippen MR) is 96.8 cm³/mol. The fraction of sp³-hybridized carbons (Fsp3) is 0.944. The van der Waals surface area contributed by atoms with E-state index >= 15 is 0 Å². The Morgan fingerprint density at radius 1 is 1.04 bits per heavy atom. The van der Waals surface area contributed by atoms with Gasteiger partial charge in [-0.15, -0.1) is 12.4 Å². The fourth-order valence-electron chi connectivity index (χ4n) is 3.42. The zero-order chi connectivity index (χ0) is 16.3. The number of carbonyl (C=O) groups excluding carboxylic acids is 1. The molecule has 1 aliphatic heterocycles. The van der Waals surface area contributed by atoms with Crippen molar-refractivity contribution in [2.75, 3.05) is 13.1 Å². The minimum atomic E-state index is -0.412. The lowest BCUT2D eigenvalue weighted by atomic mass is 9.86. The molecule has 1 atom stereocenters. The molecule has 1 saturated carbocycles. The second kappa shape index (κ2) is 8.68. The summed E-state index contributed by atoms with van der Waals surface area (Å²) in [6.07, 6.45) is 7.67. The number of likely N-dealkylation sites (tertiary alicyclic amines) is 1. The number of rotatable bonds is 3. The van der Waals surface area contributed by atoms with E-state index in [1.54, 1.807) is 0 Å².